The fourth-order valence-electron chi connectivity index (χ4n) is 2.00. The summed E-state index contributed by atoms with van der Waals surface area (Å²) in [5, 5.41) is 0. The van der Waals surface area contributed by atoms with Gasteiger partial charge in [-0.25, -0.2) is 8.42 Å². The predicted octanol–water partition coefficient (Wildman–Crippen LogP) is 5.84. The van der Waals surface area contributed by atoms with Gasteiger partial charge in [0.1, 0.15) is 0 Å². The van der Waals surface area contributed by atoms with Crippen LogP contribution in [0.1, 0.15) is 11.1 Å². The first-order valence-electron chi connectivity index (χ1n) is 7.06. The highest BCUT2D eigenvalue weighted by Gasteiger charge is 2.38. The van der Waals surface area contributed by atoms with E-state index in [1.165, 1.54) is 0 Å². The third-order valence-corrected chi connectivity index (χ3v) is 5.29. The van der Waals surface area contributed by atoms with Crippen molar-refractivity contribution in [3.63, 3.8) is 0 Å². The zero-order chi connectivity index (χ0) is 21.3. The molecule has 0 spiro atoms. The van der Waals surface area contributed by atoms with E-state index < -0.39 is 44.2 Å². The maximum Gasteiger partial charge on any atom is 0.416 e. The van der Waals surface area contributed by atoms with E-state index in [1.54, 1.807) is 0 Å². The standard InChI is InChI=1S/C15H9F8NO2S2/c16-13(17)27-11-3-1-10(2-4-11)24-28(25,26)12-6-8(14(18,19)20)5-9(7-12)15(21,22)23/h1-7,13,24H. The number of nitrogens with one attached hydrogen (secondary N) is 1. The van der Waals surface area contributed by atoms with Gasteiger partial charge in [-0.05, 0) is 42.5 Å². The molecule has 2 rings (SSSR count). The highest BCUT2D eigenvalue weighted by atomic mass is 32.2. The van der Waals surface area contributed by atoms with Gasteiger partial charge in [0.15, 0.2) is 0 Å². The monoisotopic (exact) mass is 451 g/mol. The Bertz CT molecular complexity index is 906. The van der Waals surface area contributed by atoms with E-state index in [0.29, 0.717) is 0 Å². The van der Waals surface area contributed by atoms with Crippen LogP contribution in [0, 0.1) is 0 Å². The Hall–Kier alpha value is -2.02. The quantitative estimate of drug-likeness (QED) is 0.459. The van der Waals surface area contributed by atoms with E-state index in [-0.39, 0.29) is 40.5 Å². The summed E-state index contributed by atoms with van der Waals surface area (Å²) < 4.78 is 128. The molecule has 0 atom stereocenters. The van der Waals surface area contributed by atoms with Crippen molar-refractivity contribution in [2.75, 3.05) is 4.72 Å². The Balaban J connectivity index is 2.41. The minimum atomic E-state index is -5.21. The second-order valence-corrected chi connectivity index (χ2v) is 8.00. The summed E-state index contributed by atoms with van der Waals surface area (Å²) in [7, 11) is -4.82. The van der Waals surface area contributed by atoms with Crippen molar-refractivity contribution >= 4 is 27.5 Å². The van der Waals surface area contributed by atoms with E-state index >= 15 is 0 Å². The summed E-state index contributed by atoms with van der Waals surface area (Å²) in [6, 6.07) is 4.25. The number of hydrogen-bond acceptors (Lipinski definition) is 3. The fraction of sp³-hybridized carbons (Fsp3) is 0.200. The molecule has 0 bridgehead atoms. The smallest absolute Gasteiger partial charge is 0.280 e. The lowest BCUT2D eigenvalue weighted by molar-refractivity contribution is -0.143. The lowest BCUT2D eigenvalue weighted by atomic mass is 10.1. The number of halogens is 8. The number of benzene rings is 2. The van der Waals surface area contributed by atoms with Crippen LogP contribution in [-0.4, -0.2) is 14.2 Å². The van der Waals surface area contributed by atoms with Crippen molar-refractivity contribution in [2.45, 2.75) is 27.9 Å². The molecule has 0 aromatic heterocycles. The van der Waals surface area contributed by atoms with E-state index in [4.69, 9.17) is 0 Å². The second-order valence-electron chi connectivity index (χ2n) is 5.25. The molecule has 0 fully saturated rings. The van der Waals surface area contributed by atoms with Crippen molar-refractivity contribution in [3.05, 3.63) is 53.6 Å². The molecular weight excluding hydrogens is 442 g/mol. The van der Waals surface area contributed by atoms with Crippen LogP contribution in [0.3, 0.4) is 0 Å². The summed E-state index contributed by atoms with van der Waals surface area (Å²) >= 11 is 0.170. The number of alkyl halides is 8. The maximum absolute atomic E-state index is 12.9. The molecule has 13 heteroatoms. The highest BCUT2D eigenvalue weighted by Crippen LogP contribution is 2.37. The van der Waals surface area contributed by atoms with Crippen LogP contribution >= 0.6 is 11.8 Å². The molecule has 2 aromatic rings. The Morgan fingerprint density at radius 2 is 1.29 bits per heavy atom. The summed E-state index contributed by atoms with van der Waals surface area (Å²) in [4.78, 5) is -1.17. The van der Waals surface area contributed by atoms with Crippen LogP contribution in [0.5, 0.6) is 0 Å². The first-order valence-corrected chi connectivity index (χ1v) is 9.42. The molecule has 28 heavy (non-hydrogen) atoms. The molecule has 0 heterocycles. The van der Waals surface area contributed by atoms with E-state index in [0.717, 1.165) is 24.3 Å². The average Bonchev–Trinajstić information content (AvgIpc) is 2.54. The second kappa shape index (κ2) is 7.78. The van der Waals surface area contributed by atoms with Gasteiger partial charge >= 0.3 is 12.4 Å². The molecule has 1 N–H and O–H groups in total. The first kappa shape index (κ1) is 22.3. The van der Waals surface area contributed by atoms with E-state index in [1.807, 2.05) is 4.72 Å². The van der Waals surface area contributed by atoms with Gasteiger partial charge < -0.3 is 0 Å². The molecule has 0 amide bonds. The van der Waals surface area contributed by atoms with Crippen LogP contribution in [-0.2, 0) is 22.4 Å². The molecule has 3 nitrogen and oxygen atoms in total. The zero-order valence-corrected chi connectivity index (χ0v) is 14.9. The molecule has 0 aliphatic carbocycles. The Kier molecular flexibility index (Phi) is 6.19. The minimum Gasteiger partial charge on any atom is -0.280 e. The number of thioether (sulfide) groups is 1. The Labute approximate surface area is 157 Å². The summed E-state index contributed by atoms with van der Waals surface area (Å²) in [5.74, 6) is -2.73. The minimum absolute atomic E-state index is 0.0680. The van der Waals surface area contributed by atoms with Crippen molar-refractivity contribution < 1.29 is 43.5 Å². The lowest BCUT2D eigenvalue weighted by Gasteiger charge is -2.15. The van der Waals surface area contributed by atoms with Gasteiger partial charge in [-0.2, -0.15) is 35.1 Å². The number of sulfonamides is 1. The van der Waals surface area contributed by atoms with Crippen LogP contribution in [0.2, 0.25) is 0 Å². The summed E-state index contributed by atoms with van der Waals surface area (Å²) in [5.41, 5.74) is -3.80. The van der Waals surface area contributed by atoms with Gasteiger partial charge in [0.25, 0.3) is 15.8 Å². The van der Waals surface area contributed by atoms with E-state index in [9.17, 15) is 43.5 Å². The number of anilines is 1. The first-order chi connectivity index (χ1) is 12.7. The van der Waals surface area contributed by atoms with Gasteiger partial charge in [0, 0.05) is 10.6 Å². The normalized spacial score (nSPS) is 13.0. The highest BCUT2D eigenvalue weighted by molar-refractivity contribution is 7.99. The van der Waals surface area contributed by atoms with Gasteiger partial charge in [-0.1, -0.05) is 11.8 Å². The third kappa shape index (κ3) is 5.74. The van der Waals surface area contributed by atoms with Crippen molar-refractivity contribution in [1.29, 1.82) is 0 Å². The van der Waals surface area contributed by atoms with Crippen LogP contribution in [0.15, 0.2) is 52.3 Å². The largest absolute Gasteiger partial charge is 0.416 e. The SMILES string of the molecule is O=S(=O)(Nc1ccc(SC(F)F)cc1)c1cc(C(F)(F)F)cc(C(F)(F)F)c1. The zero-order valence-electron chi connectivity index (χ0n) is 13.3. The van der Waals surface area contributed by atoms with Crippen LogP contribution in [0.4, 0.5) is 40.8 Å². The molecule has 0 saturated carbocycles. The van der Waals surface area contributed by atoms with Gasteiger partial charge in [0.05, 0.1) is 16.0 Å². The topological polar surface area (TPSA) is 46.2 Å². The van der Waals surface area contributed by atoms with Gasteiger partial charge in [0.2, 0.25) is 0 Å². The fourth-order valence-corrected chi connectivity index (χ4v) is 3.63. The predicted molar refractivity (Wildman–Crippen MR) is 85.6 cm³/mol. The molecule has 0 aliphatic rings. The molecule has 0 unspecified atom stereocenters. The molecule has 2 aromatic carbocycles. The van der Waals surface area contributed by atoms with Crippen molar-refractivity contribution in [1.82, 2.24) is 0 Å². The Morgan fingerprint density at radius 1 is 0.821 bits per heavy atom. The maximum atomic E-state index is 12.9. The van der Waals surface area contributed by atoms with Crippen molar-refractivity contribution in [2.24, 2.45) is 0 Å². The number of rotatable bonds is 5. The molecule has 0 saturated heterocycles. The number of hydrogen-bond donors (Lipinski definition) is 1. The van der Waals surface area contributed by atoms with Crippen LogP contribution < -0.4 is 4.72 Å². The summed E-state index contributed by atoms with van der Waals surface area (Å²) in [6.07, 6.45) is -10.4. The molecule has 154 valence electrons. The lowest BCUT2D eigenvalue weighted by Crippen LogP contribution is -2.17. The molecule has 0 aliphatic heterocycles. The summed E-state index contributed by atoms with van der Waals surface area (Å²) in [6.45, 7) is 0. The van der Waals surface area contributed by atoms with Crippen molar-refractivity contribution in [3.8, 4) is 0 Å². The molecular formula is C15H9F8NO2S2. The van der Waals surface area contributed by atoms with Gasteiger partial charge in [-0.3, -0.25) is 4.72 Å². The molecule has 0 radical (unpaired) electrons. The van der Waals surface area contributed by atoms with E-state index in [2.05, 4.69) is 0 Å². The van der Waals surface area contributed by atoms with Crippen LogP contribution in [0.25, 0.3) is 0 Å². The van der Waals surface area contributed by atoms with Gasteiger partial charge in [-0.15, -0.1) is 0 Å². The third-order valence-electron chi connectivity index (χ3n) is 3.20. The Morgan fingerprint density at radius 3 is 1.68 bits per heavy atom. The average molecular weight is 451 g/mol.